The summed E-state index contributed by atoms with van der Waals surface area (Å²) in [6, 6.07) is 18.6. The van der Waals surface area contributed by atoms with Crippen molar-refractivity contribution >= 4 is 23.2 Å². The van der Waals surface area contributed by atoms with Crippen molar-refractivity contribution in [2.75, 3.05) is 6.61 Å². The quantitative estimate of drug-likeness (QED) is 0.527. The van der Waals surface area contributed by atoms with Gasteiger partial charge in [0.15, 0.2) is 6.61 Å². The highest BCUT2D eigenvalue weighted by molar-refractivity contribution is 7.10. The summed E-state index contributed by atoms with van der Waals surface area (Å²) in [6.45, 7) is 4.26. The lowest BCUT2D eigenvalue weighted by molar-refractivity contribution is -0.123. The molecule has 3 aromatic rings. The minimum Gasteiger partial charge on any atom is -0.484 e. The highest BCUT2D eigenvalue weighted by atomic mass is 32.1. The molecule has 6 heteroatoms. The fraction of sp³-hybridized carbons (Fsp3) is 0.250. The molecule has 3 N–H and O–H groups in total. The number of carbonyl (C=O) groups excluding carboxylic acids is 2. The number of amides is 2. The van der Waals surface area contributed by atoms with Gasteiger partial charge in [0.05, 0.1) is 6.04 Å². The normalized spacial score (nSPS) is 12.7. The number of carbonyl (C=O) groups is 2. The van der Waals surface area contributed by atoms with E-state index in [1.165, 1.54) is 5.56 Å². The van der Waals surface area contributed by atoms with Crippen LogP contribution >= 0.6 is 11.3 Å². The van der Waals surface area contributed by atoms with Crippen LogP contribution in [-0.4, -0.2) is 18.4 Å². The van der Waals surface area contributed by atoms with Gasteiger partial charge in [0.2, 0.25) is 5.91 Å². The van der Waals surface area contributed by atoms with Crippen molar-refractivity contribution in [1.82, 2.24) is 5.32 Å². The van der Waals surface area contributed by atoms with Crippen LogP contribution in [0, 0.1) is 0 Å². The van der Waals surface area contributed by atoms with Crippen LogP contribution < -0.4 is 15.8 Å². The predicted octanol–water partition coefficient (Wildman–Crippen LogP) is 4.65. The Morgan fingerprint density at radius 2 is 1.70 bits per heavy atom. The molecule has 1 heterocycles. The van der Waals surface area contributed by atoms with Crippen LogP contribution in [0.4, 0.5) is 0 Å². The van der Waals surface area contributed by atoms with Crippen molar-refractivity contribution in [2.45, 2.75) is 32.2 Å². The van der Waals surface area contributed by atoms with Crippen molar-refractivity contribution in [3.05, 3.63) is 87.6 Å². The molecule has 156 valence electrons. The average molecular weight is 423 g/mol. The number of hydrogen-bond acceptors (Lipinski definition) is 4. The third-order valence-electron chi connectivity index (χ3n) is 5.09. The molecule has 2 unspecified atom stereocenters. The summed E-state index contributed by atoms with van der Waals surface area (Å²) in [5.74, 6) is 0.278. The van der Waals surface area contributed by atoms with Gasteiger partial charge >= 0.3 is 0 Å². The number of rotatable bonds is 9. The predicted molar refractivity (Wildman–Crippen MR) is 120 cm³/mol. The summed E-state index contributed by atoms with van der Waals surface area (Å²) < 4.78 is 5.56. The van der Waals surface area contributed by atoms with E-state index in [2.05, 4.69) is 43.4 Å². The lowest BCUT2D eigenvalue weighted by Gasteiger charge is -2.19. The molecule has 0 aliphatic carbocycles. The van der Waals surface area contributed by atoms with Gasteiger partial charge < -0.3 is 15.8 Å². The van der Waals surface area contributed by atoms with E-state index in [9.17, 15) is 9.59 Å². The van der Waals surface area contributed by atoms with Gasteiger partial charge in [-0.2, -0.15) is 0 Å². The van der Waals surface area contributed by atoms with Crippen LogP contribution in [0.25, 0.3) is 0 Å². The number of primary amides is 1. The molecule has 5 nitrogen and oxygen atoms in total. The molecular weight excluding hydrogens is 396 g/mol. The Morgan fingerprint density at radius 3 is 2.27 bits per heavy atom. The second-order valence-corrected chi connectivity index (χ2v) is 8.15. The zero-order valence-corrected chi connectivity index (χ0v) is 17.9. The van der Waals surface area contributed by atoms with Gasteiger partial charge in [0.1, 0.15) is 5.75 Å². The maximum atomic E-state index is 12.6. The highest BCUT2D eigenvalue weighted by Crippen LogP contribution is 2.28. The SMILES string of the molecule is CCC(C)c1ccc(C(NC(=O)COc2ccc(C(N)=O)cc2)c2cccs2)cc1. The standard InChI is InChI=1S/C24H26N2O3S/c1-3-16(2)17-6-8-18(9-7-17)23(21-5-4-14-30-21)26-22(27)15-29-20-12-10-19(11-13-20)24(25)28/h4-14,16,23H,3,15H2,1-2H3,(H2,25,28)(H,26,27). The lowest BCUT2D eigenvalue weighted by atomic mass is 9.95. The molecule has 0 fully saturated rings. The van der Waals surface area contributed by atoms with Gasteiger partial charge in [-0.25, -0.2) is 0 Å². The van der Waals surface area contributed by atoms with Crippen molar-refractivity contribution < 1.29 is 14.3 Å². The minimum absolute atomic E-state index is 0.122. The monoisotopic (exact) mass is 422 g/mol. The number of benzene rings is 2. The van der Waals surface area contributed by atoms with Crippen LogP contribution in [0.3, 0.4) is 0 Å². The molecule has 2 amide bonds. The lowest BCUT2D eigenvalue weighted by Crippen LogP contribution is -2.32. The molecule has 3 rings (SSSR count). The summed E-state index contributed by atoms with van der Waals surface area (Å²) in [5, 5.41) is 5.07. The van der Waals surface area contributed by atoms with E-state index in [4.69, 9.17) is 10.5 Å². The Balaban J connectivity index is 1.68. The van der Waals surface area contributed by atoms with Gasteiger partial charge in [-0.15, -0.1) is 11.3 Å². The summed E-state index contributed by atoms with van der Waals surface area (Å²) in [4.78, 5) is 24.8. The number of nitrogens with one attached hydrogen (secondary N) is 1. The molecule has 2 aromatic carbocycles. The van der Waals surface area contributed by atoms with Gasteiger partial charge in [0.25, 0.3) is 5.91 Å². The first-order valence-corrected chi connectivity index (χ1v) is 10.8. The fourth-order valence-corrected chi connectivity index (χ4v) is 3.90. The summed E-state index contributed by atoms with van der Waals surface area (Å²) >= 11 is 1.60. The molecular formula is C24H26N2O3S. The molecule has 0 aliphatic heterocycles. The first kappa shape index (κ1) is 21.6. The maximum absolute atomic E-state index is 12.6. The van der Waals surface area contributed by atoms with Crippen LogP contribution in [0.1, 0.15) is 58.6 Å². The Hall–Kier alpha value is -3.12. The van der Waals surface area contributed by atoms with E-state index >= 15 is 0 Å². The van der Waals surface area contributed by atoms with E-state index in [1.54, 1.807) is 35.6 Å². The Morgan fingerprint density at radius 1 is 1.03 bits per heavy atom. The molecule has 0 saturated heterocycles. The van der Waals surface area contributed by atoms with Gasteiger partial charge in [-0.3, -0.25) is 9.59 Å². The van der Waals surface area contributed by atoms with E-state index in [0.29, 0.717) is 17.2 Å². The summed E-state index contributed by atoms with van der Waals surface area (Å²) in [7, 11) is 0. The van der Waals surface area contributed by atoms with E-state index < -0.39 is 5.91 Å². The Labute approximate surface area is 180 Å². The van der Waals surface area contributed by atoms with Crippen LogP contribution in [-0.2, 0) is 4.79 Å². The molecule has 0 bridgehead atoms. The smallest absolute Gasteiger partial charge is 0.258 e. The Kier molecular flexibility index (Phi) is 7.25. The van der Waals surface area contributed by atoms with E-state index in [0.717, 1.165) is 16.9 Å². The molecule has 2 atom stereocenters. The third-order valence-corrected chi connectivity index (χ3v) is 6.03. The van der Waals surface area contributed by atoms with Crippen LogP contribution in [0.2, 0.25) is 0 Å². The number of nitrogens with two attached hydrogens (primary N) is 1. The second kappa shape index (κ2) is 10.1. The van der Waals surface area contributed by atoms with E-state index in [1.807, 2.05) is 17.5 Å². The topological polar surface area (TPSA) is 81.4 Å². The van der Waals surface area contributed by atoms with Crippen LogP contribution in [0.15, 0.2) is 66.0 Å². The average Bonchev–Trinajstić information content (AvgIpc) is 3.30. The molecule has 0 aliphatic rings. The third kappa shape index (κ3) is 5.48. The van der Waals surface area contributed by atoms with Gasteiger partial charge in [-0.05, 0) is 59.2 Å². The molecule has 30 heavy (non-hydrogen) atoms. The minimum atomic E-state index is -0.502. The highest BCUT2D eigenvalue weighted by Gasteiger charge is 2.18. The van der Waals surface area contributed by atoms with Crippen molar-refractivity contribution in [2.24, 2.45) is 5.73 Å². The fourth-order valence-electron chi connectivity index (χ4n) is 3.09. The number of ether oxygens (including phenoxy) is 1. The first-order valence-electron chi connectivity index (χ1n) is 9.93. The molecule has 0 spiro atoms. The van der Waals surface area contributed by atoms with Gasteiger partial charge in [0, 0.05) is 10.4 Å². The Bertz CT molecular complexity index is 967. The van der Waals surface area contributed by atoms with Crippen molar-refractivity contribution in [3.8, 4) is 5.75 Å². The zero-order chi connectivity index (χ0) is 21.5. The number of hydrogen-bond donors (Lipinski definition) is 2. The zero-order valence-electron chi connectivity index (χ0n) is 17.1. The second-order valence-electron chi connectivity index (χ2n) is 7.17. The molecule has 0 radical (unpaired) electrons. The molecule has 1 aromatic heterocycles. The maximum Gasteiger partial charge on any atom is 0.258 e. The van der Waals surface area contributed by atoms with Gasteiger partial charge in [-0.1, -0.05) is 44.2 Å². The van der Waals surface area contributed by atoms with Crippen molar-refractivity contribution in [1.29, 1.82) is 0 Å². The summed E-state index contributed by atoms with van der Waals surface area (Å²) in [5.41, 5.74) is 7.95. The molecule has 0 saturated carbocycles. The largest absolute Gasteiger partial charge is 0.484 e. The van der Waals surface area contributed by atoms with E-state index in [-0.39, 0.29) is 18.6 Å². The number of thiophene rings is 1. The summed E-state index contributed by atoms with van der Waals surface area (Å²) in [6.07, 6.45) is 1.09. The van der Waals surface area contributed by atoms with Crippen molar-refractivity contribution in [3.63, 3.8) is 0 Å². The first-order chi connectivity index (χ1) is 14.5. The van der Waals surface area contributed by atoms with Crippen LogP contribution in [0.5, 0.6) is 5.75 Å².